The lowest BCUT2D eigenvalue weighted by Gasteiger charge is -2.11. The molecule has 0 aliphatic heterocycles. The van der Waals surface area contributed by atoms with Gasteiger partial charge in [0.1, 0.15) is 0 Å². The van der Waals surface area contributed by atoms with Gasteiger partial charge in [-0.3, -0.25) is 0 Å². The van der Waals surface area contributed by atoms with E-state index in [0.29, 0.717) is 5.56 Å². The molecule has 0 amide bonds. The van der Waals surface area contributed by atoms with Crippen LogP contribution in [0.25, 0.3) is 0 Å². The van der Waals surface area contributed by atoms with Crippen LogP contribution in [0, 0.1) is 11.5 Å². The van der Waals surface area contributed by atoms with E-state index in [0.717, 1.165) is 0 Å². The number of hydrogen-bond donors (Lipinski definition) is 0. The van der Waals surface area contributed by atoms with Gasteiger partial charge in [0.05, 0.1) is 15.0 Å². The molecule has 0 saturated heterocycles. The second kappa shape index (κ2) is 4.55. The van der Waals surface area contributed by atoms with Gasteiger partial charge in [-0.1, -0.05) is 0 Å². The molecule has 0 bridgehead atoms. The summed E-state index contributed by atoms with van der Waals surface area (Å²) in [5.74, 6) is 0. The lowest BCUT2D eigenvalue weighted by molar-refractivity contribution is 0.673. The van der Waals surface area contributed by atoms with Gasteiger partial charge in [0, 0.05) is 24.2 Å². The molecule has 0 saturated carbocycles. The first-order valence-corrected chi connectivity index (χ1v) is 6.40. The molecule has 1 aromatic rings. The summed E-state index contributed by atoms with van der Waals surface area (Å²) in [7, 11) is -2.59. The van der Waals surface area contributed by atoms with Crippen molar-refractivity contribution in [1.29, 1.82) is 5.26 Å². The van der Waals surface area contributed by atoms with Gasteiger partial charge in [0.15, 0.2) is 0 Å². The minimum atomic E-state index is -2.59. The monoisotopic (exact) mass is 244 g/mol. The van der Waals surface area contributed by atoms with E-state index in [1.165, 1.54) is 18.6 Å². The molecule has 1 aromatic heterocycles. The van der Waals surface area contributed by atoms with Crippen LogP contribution in [0.3, 0.4) is 0 Å². The van der Waals surface area contributed by atoms with Crippen molar-refractivity contribution < 1.29 is 4.21 Å². The molecule has 0 fully saturated rings. The van der Waals surface area contributed by atoms with Crippen molar-refractivity contribution in [3.05, 3.63) is 23.2 Å². The number of rotatable bonds is 2. The maximum atomic E-state index is 11.9. The van der Waals surface area contributed by atoms with E-state index in [2.05, 4.69) is 14.3 Å². The lowest BCUT2D eigenvalue weighted by atomic mass is 10.3. The third-order valence-electron chi connectivity index (χ3n) is 1.99. The zero-order valence-electron chi connectivity index (χ0n) is 8.22. The van der Waals surface area contributed by atoms with Crippen molar-refractivity contribution in [3.63, 3.8) is 0 Å². The van der Waals surface area contributed by atoms with Gasteiger partial charge in [-0.05, 0) is 18.5 Å². The molecule has 15 heavy (non-hydrogen) atoms. The first kappa shape index (κ1) is 11.9. The van der Waals surface area contributed by atoms with E-state index >= 15 is 0 Å². The van der Waals surface area contributed by atoms with Gasteiger partial charge < -0.3 is 0 Å². The van der Waals surface area contributed by atoms with Gasteiger partial charge in [-0.2, -0.15) is 5.26 Å². The molecule has 0 spiro atoms. The van der Waals surface area contributed by atoms with E-state index in [1.807, 2.05) is 0 Å². The highest BCUT2D eigenvalue weighted by Crippen LogP contribution is 2.21. The van der Waals surface area contributed by atoms with Gasteiger partial charge in [0.2, 0.25) is 11.5 Å². The topological polar surface area (TPSA) is 79.0 Å². The summed E-state index contributed by atoms with van der Waals surface area (Å²) in [6.45, 7) is 1.70. The normalized spacial score (nSPS) is 16.1. The van der Waals surface area contributed by atoms with Crippen molar-refractivity contribution in [2.45, 2.75) is 12.2 Å². The predicted molar refractivity (Wildman–Crippen MR) is 57.6 cm³/mol. The Morgan fingerprint density at radius 2 is 2.13 bits per heavy atom. The molecule has 0 aromatic carbocycles. The fraction of sp³-hybridized carbons (Fsp3) is 0.375. The third-order valence-corrected chi connectivity index (χ3v) is 4.21. The molecule has 0 aliphatic rings. The average Bonchev–Trinajstić information content (AvgIpc) is 2.18. The number of hydrogen-bond acceptors (Lipinski definition) is 5. The number of aromatic nitrogens is 2. The van der Waals surface area contributed by atoms with Crippen LogP contribution in [-0.4, -0.2) is 20.4 Å². The Bertz CT molecular complexity index is 498. The first-order chi connectivity index (χ1) is 6.97. The minimum Gasteiger partial charge on any atom is -0.248 e. The Morgan fingerprint density at radius 3 is 2.60 bits per heavy atom. The minimum absolute atomic E-state index is 0.130. The number of halogens is 1. The van der Waals surface area contributed by atoms with Crippen LogP contribution in [0.15, 0.2) is 16.8 Å². The molecule has 0 radical (unpaired) electrons. The summed E-state index contributed by atoms with van der Waals surface area (Å²) in [6, 6.07) is 0. The molecule has 1 heterocycles. The van der Waals surface area contributed by atoms with E-state index in [4.69, 9.17) is 16.9 Å². The molecule has 1 rings (SSSR count). The first-order valence-electron chi connectivity index (χ1n) is 4.04. The molecule has 5 nitrogen and oxygen atoms in total. The van der Waals surface area contributed by atoms with Crippen LogP contribution >= 0.6 is 11.6 Å². The quantitative estimate of drug-likeness (QED) is 0.587. The Hall–Kier alpha value is -1.19. The predicted octanol–water partition coefficient (Wildman–Crippen LogP) is 1.77. The summed E-state index contributed by atoms with van der Waals surface area (Å²) < 4.78 is 15.3. The Morgan fingerprint density at radius 1 is 1.60 bits per heavy atom. The van der Waals surface area contributed by atoms with Crippen molar-refractivity contribution in [2.24, 2.45) is 4.36 Å². The second-order valence-corrected chi connectivity index (χ2v) is 5.93. The van der Waals surface area contributed by atoms with Crippen LogP contribution < -0.4 is 0 Å². The van der Waals surface area contributed by atoms with Crippen LogP contribution in [0.2, 0.25) is 5.28 Å². The van der Waals surface area contributed by atoms with Gasteiger partial charge in [-0.25, -0.2) is 14.2 Å². The fourth-order valence-electron chi connectivity index (χ4n) is 0.945. The van der Waals surface area contributed by atoms with Crippen LogP contribution in [0.4, 0.5) is 0 Å². The summed E-state index contributed by atoms with van der Waals surface area (Å²) in [5.41, 5.74) is 0.644. The highest BCUT2D eigenvalue weighted by atomic mass is 35.5. The van der Waals surface area contributed by atoms with E-state index in [9.17, 15) is 4.21 Å². The molecule has 2 unspecified atom stereocenters. The van der Waals surface area contributed by atoms with Crippen molar-refractivity contribution in [2.75, 3.05) is 6.26 Å². The molecule has 0 aliphatic carbocycles. The highest BCUT2D eigenvalue weighted by molar-refractivity contribution is 7.93. The van der Waals surface area contributed by atoms with E-state index in [-0.39, 0.29) is 5.28 Å². The van der Waals surface area contributed by atoms with Crippen molar-refractivity contribution in [3.8, 4) is 6.19 Å². The molecule has 0 N–H and O–H groups in total. The zero-order valence-corrected chi connectivity index (χ0v) is 9.79. The zero-order chi connectivity index (χ0) is 11.5. The Labute approximate surface area is 93.3 Å². The smallest absolute Gasteiger partial charge is 0.222 e. The summed E-state index contributed by atoms with van der Waals surface area (Å²) in [5, 5.41) is 8.12. The Kier molecular flexibility index (Phi) is 3.61. The third kappa shape index (κ3) is 2.88. The molecular formula is C8H9ClN4OS. The molecule has 7 heteroatoms. The molecule has 80 valence electrons. The number of nitrogens with zero attached hydrogens (tertiary/aromatic N) is 4. The van der Waals surface area contributed by atoms with E-state index in [1.54, 1.807) is 13.1 Å². The maximum absolute atomic E-state index is 11.9. The van der Waals surface area contributed by atoms with Crippen LogP contribution in [0.1, 0.15) is 17.7 Å². The van der Waals surface area contributed by atoms with Crippen molar-refractivity contribution in [1.82, 2.24) is 9.97 Å². The SMILES string of the molecule is CC(c1cnc(Cl)nc1)S(C)(=O)=NC#N. The van der Waals surface area contributed by atoms with Crippen LogP contribution in [-0.2, 0) is 9.73 Å². The lowest BCUT2D eigenvalue weighted by Crippen LogP contribution is -2.08. The molecule has 2 atom stereocenters. The second-order valence-electron chi connectivity index (χ2n) is 2.98. The summed E-state index contributed by atoms with van der Waals surface area (Å²) in [6.07, 6.45) is 5.94. The van der Waals surface area contributed by atoms with Crippen LogP contribution in [0.5, 0.6) is 0 Å². The highest BCUT2D eigenvalue weighted by Gasteiger charge is 2.16. The summed E-state index contributed by atoms with van der Waals surface area (Å²) in [4.78, 5) is 7.56. The van der Waals surface area contributed by atoms with Gasteiger partial charge in [0.25, 0.3) is 0 Å². The average molecular weight is 245 g/mol. The van der Waals surface area contributed by atoms with Gasteiger partial charge >= 0.3 is 0 Å². The maximum Gasteiger partial charge on any atom is 0.222 e. The Balaban J connectivity index is 3.12. The van der Waals surface area contributed by atoms with Crippen molar-refractivity contribution >= 4 is 21.3 Å². The van der Waals surface area contributed by atoms with Gasteiger partial charge in [-0.15, -0.1) is 4.36 Å². The number of nitriles is 1. The standard InChI is InChI=1S/C8H9ClN4OS/c1-6(15(2,14)13-5-10)7-3-11-8(9)12-4-7/h3-4,6H,1-2H3. The fourth-order valence-corrected chi connectivity index (χ4v) is 1.99. The molecular weight excluding hydrogens is 236 g/mol. The summed E-state index contributed by atoms with van der Waals surface area (Å²) >= 11 is 5.52. The van der Waals surface area contributed by atoms with E-state index < -0.39 is 15.0 Å². The largest absolute Gasteiger partial charge is 0.248 e.